The fourth-order valence-electron chi connectivity index (χ4n) is 1.42. The zero-order valence-electron chi connectivity index (χ0n) is 7.94. The highest BCUT2D eigenvalue weighted by Crippen LogP contribution is 2.41. The standard InChI is InChI=1S/C10H8F6/c1-2-6-3-4-7(9(11,12)13)5-8(6)10(14,15)16/h2-6,8H,1H2. The third-order valence-electron chi connectivity index (χ3n) is 2.25. The highest BCUT2D eigenvalue weighted by Gasteiger charge is 2.45. The molecule has 90 valence electrons. The quantitative estimate of drug-likeness (QED) is 0.481. The van der Waals surface area contributed by atoms with Crippen LogP contribution in [0.25, 0.3) is 0 Å². The molecule has 0 fully saturated rings. The number of hydrogen-bond acceptors (Lipinski definition) is 0. The third-order valence-corrected chi connectivity index (χ3v) is 2.25. The smallest absolute Gasteiger partial charge is 0.170 e. The van der Waals surface area contributed by atoms with Gasteiger partial charge in [-0.05, 0) is 0 Å². The Morgan fingerprint density at radius 1 is 1.12 bits per heavy atom. The molecule has 0 N–H and O–H groups in total. The molecule has 0 aromatic heterocycles. The number of halogens is 6. The van der Waals surface area contributed by atoms with Gasteiger partial charge in [0.15, 0.2) is 0 Å². The van der Waals surface area contributed by atoms with Crippen molar-refractivity contribution in [3.05, 3.63) is 36.5 Å². The monoisotopic (exact) mass is 242 g/mol. The summed E-state index contributed by atoms with van der Waals surface area (Å²) in [7, 11) is 0. The molecular formula is C10H8F6. The second-order valence-electron chi connectivity index (χ2n) is 3.36. The molecule has 0 saturated carbocycles. The molecule has 6 heteroatoms. The third kappa shape index (κ3) is 2.68. The van der Waals surface area contributed by atoms with E-state index >= 15 is 0 Å². The summed E-state index contributed by atoms with van der Waals surface area (Å²) in [6, 6.07) is 0. The van der Waals surface area contributed by atoms with Crippen LogP contribution >= 0.6 is 0 Å². The van der Waals surface area contributed by atoms with Crippen molar-refractivity contribution in [1.29, 1.82) is 0 Å². The molecule has 0 bridgehead atoms. The highest BCUT2D eigenvalue weighted by atomic mass is 19.4. The Morgan fingerprint density at radius 3 is 2.06 bits per heavy atom. The molecular weight excluding hydrogens is 234 g/mol. The Labute approximate surface area is 87.9 Å². The summed E-state index contributed by atoms with van der Waals surface area (Å²) in [6.07, 6.45) is -6.76. The van der Waals surface area contributed by atoms with E-state index < -0.39 is 29.8 Å². The van der Waals surface area contributed by atoms with Crippen LogP contribution in [0.4, 0.5) is 26.3 Å². The van der Waals surface area contributed by atoms with Gasteiger partial charge in [0.2, 0.25) is 0 Å². The molecule has 0 aromatic rings. The summed E-state index contributed by atoms with van der Waals surface area (Å²) in [6.45, 7) is 3.17. The maximum absolute atomic E-state index is 12.4. The van der Waals surface area contributed by atoms with Crippen LogP contribution < -0.4 is 0 Å². The minimum Gasteiger partial charge on any atom is -0.170 e. The molecule has 0 nitrogen and oxygen atoms in total. The summed E-state index contributed by atoms with van der Waals surface area (Å²) in [4.78, 5) is 0. The average Bonchev–Trinajstić information content (AvgIpc) is 2.14. The van der Waals surface area contributed by atoms with Crippen molar-refractivity contribution >= 4 is 0 Å². The largest absolute Gasteiger partial charge is 0.416 e. The molecule has 1 rings (SSSR count). The normalized spacial score (nSPS) is 26.5. The fourth-order valence-corrected chi connectivity index (χ4v) is 1.42. The predicted molar refractivity (Wildman–Crippen MR) is 46.5 cm³/mol. The van der Waals surface area contributed by atoms with Crippen molar-refractivity contribution in [2.24, 2.45) is 11.8 Å². The SMILES string of the molecule is C=CC1C=CC(C(F)(F)F)=CC1C(F)(F)F. The van der Waals surface area contributed by atoms with Gasteiger partial charge in [0, 0.05) is 5.92 Å². The maximum Gasteiger partial charge on any atom is 0.416 e. The fraction of sp³-hybridized carbons (Fsp3) is 0.400. The van der Waals surface area contributed by atoms with Gasteiger partial charge in [-0.2, -0.15) is 26.3 Å². The second kappa shape index (κ2) is 3.99. The van der Waals surface area contributed by atoms with Crippen molar-refractivity contribution in [2.75, 3.05) is 0 Å². The van der Waals surface area contributed by atoms with E-state index in [0.717, 1.165) is 12.2 Å². The molecule has 16 heavy (non-hydrogen) atoms. The lowest BCUT2D eigenvalue weighted by Gasteiger charge is -2.26. The van der Waals surface area contributed by atoms with Gasteiger partial charge in [-0.15, -0.1) is 6.58 Å². The lowest BCUT2D eigenvalue weighted by molar-refractivity contribution is -0.168. The Balaban J connectivity index is 3.08. The number of allylic oxidation sites excluding steroid dienone is 5. The Kier molecular flexibility index (Phi) is 3.21. The van der Waals surface area contributed by atoms with Gasteiger partial charge >= 0.3 is 12.4 Å². The average molecular weight is 242 g/mol. The second-order valence-corrected chi connectivity index (χ2v) is 3.36. The summed E-state index contributed by atoms with van der Waals surface area (Å²) in [5, 5.41) is 0. The van der Waals surface area contributed by atoms with Crippen LogP contribution in [0.1, 0.15) is 0 Å². The van der Waals surface area contributed by atoms with Crippen LogP contribution in [0.15, 0.2) is 36.5 Å². The first-order valence-corrected chi connectivity index (χ1v) is 4.32. The van der Waals surface area contributed by atoms with Gasteiger partial charge in [-0.25, -0.2) is 0 Å². The first-order chi connectivity index (χ1) is 7.16. The minimum atomic E-state index is -4.76. The van der Waals surface area contributed by atoms with Gasteiger partial charge in [-0.3, -0.25) is 0 Å². The molecule has 2 atom stereocenters. The summed E-state index contributed by atoms with van der Waals surface area (Å²) in [5.41, 5.74) is -1.27. The van der Waals surface area contributed by atoms with E-state index in [4.69, 9.17) is 0 Å². The lowest BCUT2D eigenvalue weighted by atomic mass is 9.85. The van der Waals surface area contributed by atoms with Gasteiger partial charge in [0.25, 0.3) is 0 Å². The van der Waals surface area contributed by atoms with E-state index in [2.05, 4.69) is 6.58 Å². The molecule has 0 aliphatic heterocycles. The van der Waals surface area contributed by atoms with Gasteiger partial charge in [0.05, 0.1) is 11.5 Å². The van der Waals surface area contributed by atoms with Crippen LogP contribution in [-0.2, 0) is 0 Å². The minimum absolute atomic E-state index is 0.201. The van der Waals surface area contributed by atoms with Gasteiger partial charge < -0.3 is 0 Å². The Hall–Kier alpha value is -1.20. The predicted octanol–water partition coefficient (Wildman–Crippen LogP) is 4.03. The summed E-state index contributed by atoms with van der Waals surface area (Å²) in [5.74, 6) is -3.31. The number of hydrogen-bond donors (Lipinski definition) is 0. The molecule has 0 saturated heterocycles. The maximum atomic E-state index is 12.4. The zero-order valence-corrected chi connectivity index (χ0v) is 7.94. The molecule has 0 spiro atoms. The van der Waals surface area contributed by atoms with E-state index in [9.17, 15) is 26.3 Å². The van der Waals surface area contributed by atoms with E-state index in [1.54, 1.807) is 0 Å². The van der Waals surface area contributed by atoms with E-state index in [0.29, 0.717) is 6.08 Å². The van der Waals surface area contributed by atoms with Crippen LogP contribution in [0.2, 0.25) is 0 Å². The molecule has 1 aliphatic carbocycles. The van der Waals surface area contributed by atoms with Crippen LogP contribution in [-0.4, -0.2) is 12.4 Å². The van der Waals surface area contributed by atoms with Crippen molar-refractivity contribution in [1.82, 2.24) is 0 Å². The Morgan fingerprint density at radius 2 is 1.69 bits per heavy atom. The molecule has 0 radical (unpaired) electrons. The van der Waals surface area contributed by atoms with Gasteiger partial charge in [0.1, 0.15) is 0 Å². The van der Waals surface area contributed by atoms with Crippen molar-refractivity contribution in [2.45, 2.75) is 12.4 Å². The van der Waals surface area contributed by atoms with Crippen molar-refractivity contribution < 1.29 is 26.3 Å². The number of alkyl halides is 6. The molecule has 0 heterocycles. The highest BCUT2D eigenvalue weighted by molar-refractivity contribution is 5.31. The van der Waals surface area contributed by atoms with Crippen LogP contribution in [0, 0.1) is 11.8 Å². The molecule has 1 aliphatic rings. The van der Waals surface area contributed by atoms with E-state index in [1.165, 1.54) is 0 Å². The van der Waals surface area contributed by atoms with E-state index in [-0.39, 0.29) is 6.08 Å². The summed E-state index contributed by atoms with van der Waals surface area (Å²) < 4.78 is 74.0. The topological polar surface area (TPSA) is 0 Å². The van der Waals surface area contributed by atoms with Crippen molar-refractivity contribution in [3.8, 4) is 0 Å². The van der Waals surface area contributed by atoms with Crippen molar-refractivity contribution in [3.63, 3.8) is 0 Å². The lowest BCUT2D eigenvalue weighted by Crippen LogP contribution is -2.30. The van der Waals surface area contributed by atoms with Gasteiger partial charge in [-0.1, -0.05) is 24.3 Å². The number of rotatable bonds is 1. The van der Waals surface area contributed by atoms with E-state index in [1.807, 2.05) is 0 Å². The zero-order chi connectivity index (χ0) is 12.6. The summed E-state index contributed by atoms with van der Waals surface area (Å²) >= 11 is 0. The van der Waals surface area contributed by atoms with Crippen LogP contribution in [0.5, 0.6) is 0 Å². The Bertz CT molecular complexity index is 330. The first-order valence-electron chi connectivity index (χ1n) is 4.32. The molecule has 0 amide bonds. The first kappa shape index (κ1) is 12.9. The molecule has 2 unspecified atom stereocenters. The van der Waals surface area contributed by atoms with Crippen LogP contribution in [0.3, 0.4) is 0 Å². The molecule has 0 aromatic carbocycles.